The lowest BCUT2D eigenvalue weighted by molar-refractivity contribution is 0.207. The van der Waals surface area contributed by atoms with Gasteiger partial charge in [0.1, 0.15) is 11.4 Å². The zero-order valence-corrected chi connectivity index (χ0v) is 15.6. The molecule has 0 atom stereocenters. The van der Waals surface area contributed by atoms with E-state index in [1.807, 2.05) is 36.9 Å². The van der Waals surface area contributed by atoms with E-state index in [4.69, 9.17) is 4.74 Å². The van der Waals surface area contributed by atoms with Gasteiger partial charge in [0, 0.05) is 31.9 Å². The zero-order chi connectivity index (χ0) is 18.5. The van der Waals surface area contributed by atoms with Crippen LogP contribution in [0.5, 0.6) is 5.75 Å². The molecule has 1 aliphatic heterocycles. The van der Waals surface area contributed by atoms with Crippen LogP contribution in [0.4, 0.5) is 11.4 Å². The van der Waals surface area contributed by atoms with Crippen molar-refractivity contribution in [2.75, 3.05) is 38.2 Å². The predicted molar refractivity (Wildman–Crippen MR) is 105 cm³/mol. The molecule has 0 unspecified atom stereocenters. The molecule has 0 radical (unpaired) electrons. The summed E-state index contributed by atoms with van der Waals surface area (Å²) in [7, 11) is 1.63. The van der Waals surface area contributed by atoms with Crippen molar-refractivity contribution in [3.05, 3.63) is 53.6 Å². The van der Waals surface area contributed by atoms with Crippen LogP contribution in [0.3, 0.4) is 0 Å². The Labute approximate surface area is 154 Å². The van der Waals surface area contributed by atoms with E-state index in [2.05, 4.69) is 39.6 Å². The Morgan fingerprint density at radius 1 is 1.04 bits per heavy atom. The molecule has 2 aromatic rings. The Kier molecular flexibility index (Phi) is 5.63. The highest BCUT2D eigenvalue weighted by Crippen LogP contribution is 2.31. The van der Waals surface area contributed by atoms with Gasteiger partial charge in [0.25, 0.3) is 0 Å². The Bertz CT molecular complexity index is 769. The second kappa shape index (κ2) is 8.10. The number of benzene rings is 2. The SMILES string of the molecule is COc1cc(C)c(C)cc1N=C(NO)N1CCN(c2ccccc2)CC1. The summed E-state index contributed by atoms with van der Waals surface area (Å²) in [5, 5.41) is 9.63. The molecule has 6 heteroatoms. The van der Waals surface area contributed by atoms with Gasteiger partial charge in [-0.3, -0.25) is 5.21 Å². The van der Waals surface area contributed by atoms with Gasteiger partial charge in [0.2, 0.25) is 5.96 Å². The third kappa shape index (κ3) is 3.91. The second-order valence-corrected chi connectivity index (χ2v) is 6.47. The van der Waals surface area contributed by atoms with Gasteiger partial charge in [-0.15, -0.1) is 0 Å². The molecule has 1 aliphatic rings. The summed E-state index contributed by atoms with van der Waals surface area (Å²) in [5.41, 5.74) is 6.47. The van der Waals surface area contributed by atoms with E-state index in [0.29, 0.717) is 17.4 Å². The van der Waals surface area contributed by atoms with Crippen LogP contribution in [0, 0.1) is 13.8 Å². The van der Waals surface area contributed by atoms with Gasteiger partial charge in [-0.1, -0.05) is 18.2 Å². The lowest BCUT2D eigenvalue weighted by Gasteiger charge is -2.37. The number of aryl methyl sites for hydroxylation is 2. The molecule has 2 N–H and O–H groups in total. The molecule has 1 fully saturated rings. The van der Waals surface area contributed by atoms with Crippen LogP contribution < -0.4 is 15.1 Å². The smallest absolute Gasteiger partial charge is 0.223 e. The molecular formula is C20H26N4O2. The summed E-state index contributed by atoms with van der Waals surface area (Å²) in [4.78, 5) is 8.99. The summed E-state index contributed by atoms with van der Waals surface area (Å²) < 4.78 is 5.45. The number of methoxy groups -OCH3 is 1. The first-order chi connectivity index (χ1) is 12.6. The zero-order valence-electron chi connectivity index (χ0n) is 15.6. The molecule has 138 valence electrons. The maximum Gasteiger partial charge on any atom is 0.223 e. The number of nitrogens with zero attached hydrogens (tertiary/aromatic N) is 3. The van der Waals surface area contributed by atoms with Crippen molar-refractivity contribution in [3.8, 4) is 5.75 Å². The van der Waals surface area contributed by atoms with Crippen molar-refractivity contribution in [2.45, 2.75) is 13.8 Å². The number of hydrogen-bond acceptors (Lipinski definition) is 4. The third-order valence-electron chi connectivity index (χ3n) is 4.82. The van der Waals surface area contributed by atoms with E-state index < -0.39 is 0 Å². The number of rotatable bonds is 3. The van der Waals surface area contributed by atoms with E-state index in [9.17, 15) is 5.21 Å². The predicted octanol–water partition coefficient (Wildman–Crippen LogP) is 3.10. The molecular weight excluding hydrogens is 328 g/mol. The fraction of sp³-hybridized carbons (Fsp3) is 0.350. The Balaban J connectivity index is 1.76. The molecule has 0 spiro atoms. The minimum Gasteiger partial charge on any atom is -0.494 e. The monoisotopic (exact) mass is 354 g/mol. The van der Waals surface area contributed by atoms with Gasteiger partial charge in [0.15, 0.2) is 0 Å². The second-order valence-electron chi connectivity index (χ2n) is 6.47. The van der Waals surface area contributed by atoms with Gasteiger partial charge in [-0.05, 0) is 49.2 Å². The van der Waals surface area contributed by atoms with Crippen LogP contribution in [-0.4, -0.2) is 49.4 Å². The topological polar surface area (TPSA) is 60.3 Å². The van der Waals surface area contributed by atoms with Gasteiger partial charge in [-0.25, -0.2) is 10.5 Å². The molecule has 0 amide bonds. The van der Waals surface area contributed by atoms with Crippen LogP contribution in [-0.2, 0) is 0 Å². The Hall–Kier alpha value is -2.73. The van der Waals surface area contributed by atoms with Crippen LogP contribution >= 0.6 is 0 Å². The maximum atomic E-state index is 9.63. The van der Waals surface area contributed by atoms with Crippen molar-refractivity contribution in [1.82, 2.24) is 10.4 Å². The van der Waals surface area contributed by atoms with Crippen molar-refractivity contribution in [1.29, 1.82) is 0 Å². The molecule has 0 aliphatic carbocycles. The number of hydrogen-bond donors (Lipinski definition) is 2. The number of aliphatic imine (C=N–C) groups is 1. The van der Waals surface area contributed by atoms with Gasteiger partial charge in [0.05, 0.1) is 7.11 Å². The normalized spacial score (nSPS) is 15.2. The molecule has 0 saturated carbocycles. The molecule has 1 saturated heterocycles. The van der Waals surface area contributed by atoms with E-state index in [0.717, 1.165) is 37.3 Å². The summed E-state index contributed by atoms with van der Waals surface area (Å²) in [5.74, 6) is 1.14. The number of guanidine groups is 1. The summed E-state index contributed by atoms with van der Waals surface area (Å²) in [6.45, 7) is 7.37. The molecule has 1 heterocycles. The summed E-state index contributed by atoms with van der Waals surface area (Å²) in [6.07, 6.45) is 0. The molecule has 6 nitrogen and oxygen atoms in total. The van der Waals surface area contributed by atoms with E-state index in [1.165, 1.54) is 5.69 Å². The minimum atomic E-state index is 0.444. The van der Waals surface area contributed by atoms with E-state index in [-0.39, 0.29) is 0 Å². The minimum absolute atomic E-state index is 0.444. The van der Waals surface area contributed by atoms with E-state index in [1.54, 1.807) is 7.11 Å². The van der Waals surface area contributed by atoms with Crippen LogP contribution in [0.1, 0.15) is 11.1 Å². The van der Waals surface area contributed by atoms with Crippen molar-refractivity contribution >= 4 is 17.3 Å². The van der Waals surface area contributed by atoms with Crippen LogP contribution in [0.2, 0.25) is 0 Å². The first kappa shape index (κ1) is 18.1. The largest absolute Gasteiger partial charge is 0.494 e. The molecule has 0 aromatic heterocycles. The maximum absolute atomic E-state index is 9.63. The Morgan fingerprint density at radius 2 is 1.69 bits per heavy atom. The fourth-order valence-electron chi connectivity index (χ4n) is 3.12. The van der Waals surface area contributed by atoms with Crippen molar-refractivity contribution in [2.24, 2.45) is 4.99 Å². The number of piperazine rings is 1. The first-order valence-electron chi connectivity index (χ1n) is 8.81. The van der Waals surface area contributed by atoms with Gasteiger partial charge < -0.3 is 14.5 Å². The van der Waals surface area contributed by atoms with Crippen LogP contribution in [0.15, 0.2) is 47.5 Å². The molecule has 26 heavy (non-hydrogen) atoms. The average Bonchev–Trinajstić information content (AvgIpc) is 2.69. The molecule has 2 aromatic carbocycles. The number of nitrogens with one attached hydrogen (secondary N) is 1. The quantitative estimate of drug-likeness (QED) is 0.504. The van der Waals surface area contributed by atoms with Gasteiger partial charge >= 0.3 is 0 Å². The molecule has 0 bridgehead atoms. The summed E-state index contributed by atoms with van der Waals surface area (Å²) in [6, 6.07) is 14.3. The lowest BCUT2D eigenvalue weighted by Crippen LogP contribution is -2.52. The summed E-state index contributed by atoms with van der Waals surface area (Å²) >= 11 is 0. The lowest BCUT2D eigenvalue weighted by atomic mass is 10.1. The standard InChI is InChI=1S/C20H26N4O2/c1-15-13-18(19(26-3)14-16(15)2)21-20(22-25)24-11-9-23(10-12-24)17-7-5-4-6-8-17/h4-8,13-14,25H,9-12H2,1-3H3,(H,21,22). The first-order valence-corrected chi connectivity index (χ1v) is 8.81. The fourth-order valence-corrected chi connectivity index (χ4v) is 3.12. The number of anilines is 1. The Morgan fingerprint density at radius 3 is 2.31 bits per heavy atom. The average molecular weight is 354 g/mol. The number of ether oxygens (including phenoxy) is 1. The van der Waals surface area contributed by atoms with E-state index >= 15 is 0 Å². The van der Waals surface area contributed by atoms with Crippen molar-refractivity contribution in [3.63, 3.8) is 0 Å². The highest BCUT2D eigenvalue weighted by molar-refractivity contribution is 5.83. The third-order valence-corrected chi connectivity index (χ3v) is 4.82. The van der Waals surface area contributed by atoms with Crippen LogP contribution in [0.25, 0.3) is 0 Å². The van der Waals surface area contributed by atoms with Crippen molar-refractivity contribution < 1.29 is 9.94 Å². The highest BCUT2D eigenvalue weighted by Gasteiger charge is 2.20. The number of para-hydroxylation sites is 1. The molecule has 3 rings (SSSR count). The number of hydroxylamine groups is 1. The highest BCUT2D eigenvalue weighted by atomic mass is 16.5. The van der Waals surface area contributed by atoms with Gasteiger partial charge in [-0.2, -0.15) is 0 Å².